The minimum Gasteiger partial charge on any atom is -0.480 e. The summed E-state index contributed by atoms with van der Waals surface area (Å²) in [4.78, 5) is 22.2. The Balaban J connectivity index is 2.48. The number of carboxylic acids is 1. The second-order valence-electron chi connectivity index (χ2n) is 3.83. The van der Waals surface area contributed by atoms with Gasteiger partial charge in [0.15, 0.2) is 5.43 Å². The maximum atomic E-state index is 11.5. The number of hydrogen-bond donors (Lipinski definition) is 1. The van der Waals surface area contributed by atoms with E-state index in [0.29, 0.717) is 0 Å². The summed E-state index contributed by atoms with van der Waals surface area (Å²) in [6, 6.07) is 1.47. The van der Waals surface area contributed by atoms with E-state index in [1.54, 1.807) is 10.8 Å². The number of nitrogens with zero attached hydrogens (tertiary/aromatic N) is 1. The zero-order valence-corrected chi connectivity index (χ0v) is 8.40. The molecule has 1 aliphatic carbocycles. The van der Waals surface area contributed by atoms with E-state index in [1.807, 2.05) is 0 Å². The standard InChI is InChI=1S/C11H13NO3/c13-10-5-6-12(7-11(14)15)9-4-2-1-3-8(9)10/h5-6H,1-4,7H2,(H,14,15). The van der Waals surface area contributed by atoms with Gasteiger partial charge in [-0.25, -0.2) is 0 Å². The summed E-state index contributed by atoms with van der Waals surface area (Å²) in [6.07, 6.45) is 5.25. The molecule has 15 heavy (non-hydrogen) atoms. The molecule has 0 amide bonds. The predicted molar refractivity (Wildman–Crippen MR) is 55.0 cm³/mol. The minimum absolute atomic E-state index is 0.0475. The van der Waals surface area contributed by atoms with Crippen molar-refractivity contribution in [3.05, 3.63) is 33.7 Å². The van der Waals surface area contributed by atoms with E-state index >= 15 is 0 Å². The highest BCUT2D eigenvalue weighted by atomic mass is 16.4. The van der Waals surface area contributed by atoms with Crippen molar-refractivity contribution in [2.45, 2.75) is 32.2 Å². The van der Waals surface area contributed by atoms with Crippen molar-refractivity contribution in [2.24, 2.45) is 0 Å². The van der Waals surface area contributed by atoms with Gasteiger partial charge in [0, 0.05) is 23.5 Å². The van der Waals surface area contributed by atoms with E-state index in [1.165, 1.54) is 6.07 Å². The first-order valence-corrected chi connectivity index (χ1v) is 5.11. The molecule has 0 saturated heterocycles. The summed E-state index contributed by atoms with van der Waals surface area (Å²) >= 11 is 0. The van der Waals surface area contributed by atoms with Gasteiger partial charge in [0.1, 0.15) is 6.54 Å². The summed E-state index contributed by atoms with van der Waals surface area (Å²) in [5.74, 6) is -0.869. The van der Waals surface area contributed by atoms with Gasteiger partial charge in [-0.15, -0.1) is 0 Å². The number of pyridine rings is 1. The molecular weight excluding hydrogens is 194 g/mol. The fourth-order valence-electron chi connectivity index (χ4n) is 2.11. The van der Waals surface area contributed by atoms with Crippen LogP contribution in [0.15, 0.2) is 17.1 Å². The normalized spacial score (nSPS) is 14.7. The predicted octanol–water partition coefficient (Wildman–Crippen LogP) is 0.812. The molecule has 0 spiro atoms. The molecule has 1 heterocycles. The van der Waals surface area contributed by atoms with E-state index in [9.17, 15) is 9.59 Å². The molecule has 1 aliphatic rings. The van der Waals surface area contributed by atoms with Crippen LogP contribution in [0.3, 0.4) is 0 Å². The molecule has 0 aliphatic heterocycles. The van der Waals surface area contributed by atoms with Gasteiger partial charge in [-0.05, 0) is 25.7 Å². The van der Waals surface area contributed by atoms with Gasteiger partial charge in [-0.3, -0.25) is 9.59 Å². The van der Waals surface area contributed by atoms with Crippen LogP contribution in [0.25, 0.3) is 0 Å². The van der Waals surface area contributed by atoms with Crippen LogP contribution in [0, 0.1) is 0 Å². The van der Waals surface area contributed by atoms with E-state index in [2.05, 4.69) is 0 Å². The van der Waals surface area contributed by atoms with Gasteiger partial charge in [0.05, 0.1) is 0 Å². The van der Waals surface area contributed by atoms with Crippen molar-refractivity contribution >= 4 is 5.97 Å². The quantitative estimate of drug-likeness (QED) is 0.780. The second-order valence-corrected chi connectivity index (χ2v) is 3.83. The van der Waals surface area contributed by atoms with Crippen molar-refractivity contribution in [1.29, 1.82) is 0 Å². The van der Waals surface area contributed by atoms with Gasteiger partial charge in [0.2, 0.25) is 0 Å². The van der Waals surface area contributed by atoms with Crippen molar-refractivity contribution in [1.82, 2.24) is 4.57 Å². The van der Waals surface area contributed by atoms with E-state index in [-0.39, 0.29) is 12.0 Å². The monoisotopic (exact) mass is 207 g/mol. The molecule has 4 heteroatoms. The van der Waals surface area contributed by atoms with Crippen LogP contribution in [0.1, 0.15) is 24.1 Å². The number of carboxylic acid groups (broad SMARTS) is 1. The molecule has 4 nitrogen and oxygen atoms in total. The van der Waals surface area contributed by atoms with Crippen LogP contribution in [0.5, 0.6) is 0 Å². The lowest BCUT2D eigenvalue weighted by Gasteiger charge is -2.19. The lowest BCUT2D eigenvalue weighted by atomic mass is 9.95. The third-order valence-corrected chi connectivity index (χ3v) is 2.79. The molecule has 0 fully saturated rings. The van der Waals surface area contributed by atoms with Crippen LogP contribution in [-0.4, -0.2) is 15.6 Å². The molecule has 0 saturated carbocycles. The molecule has 0 bridgehead atoms. The zero-order valence-electron chi connectivity index (χ0n) is 8.40. The van der Waals surface area contributed by atoms with Crippen LogP contribution >= 0.6 is 0 Å². The average Bonchev–Trinajstić information content (AvgIpc) is 2.22. The van der Waals surface area contributed by atoms with Gasteiger partial charge in [-0.1, -0.05) is 0 Å². The summed E-state index contributed by atoms with van der Waals surface area (Å²) < 4.78 is 1.68. The lowest BCUT2D eigenvalue weighted by Crippen LogP contribution is -2.23. The molecule has 0 aromatic carbocycles. The van der Waals surface area contributed by atoms with Crippen LogP contribution in [0.4, 0.5) is 0 Å². The number of fused-ring (bicyclic) bond motifs is 1. The van der Waals surface area contributed by atoms with Crippen molar-refractivity contribution in [2.75, 3.05) is 0 Å². The topological polar surface area (TPSA) is 59.3 Å². The number of hydrogen-bond acceptors (Lipinski definition) is 2. The molecule has 1 aromatic heterocycles. The first-order valence-electron chi connectivity index (χ1n) is 5.11. The third kappa shape index (κ3) is 1.93. The van der Waals surface area contributed by atoms with Gasteiger partial charge in [0.25, 0.3) is 0 Å². The summed E-state index contributed by atoms with van der Waals surface area (Å²) in [5, 5.41) is 8.74. The Morgan fingerprint density at radius 1 is 1.40 bits per heavy atom. The zero-order chi connectivity index (χ0) is 10.8. The molecule has 1 aromatic rings. The van der Waals surface area contributed by atoms with Crippen molar-refractivity contribution in [3.63, 3.8) is 0 Å². The average molecular weight is 207 g/mol. The van der Waals surface area contributed by atoms with Gasteiger partial charge < -0.3 is 9.67 Å². The Bertz CT molecular complexity index is 448. The molecule has 0 atom stereocenters. The summed E-state index contributed by atoms with van der Waals surface area (Å²) in [7, 11) is 0. The smallest absolute Gasteiger partial charge is 0.323 e. The Morgan fingerprint density at radius 3 is 2.87 bits per heavy atom. The van der Waals surface area contributed by atoms with Gasteiger partial charge >= 0.3 is 5.97 Å². The minimum atomic E-state index is -0.869. The number of carbonyl (C=O) groups is 1. The number of rotatable bonds is 2. The maximum Gasteiger partial charge on any atom is 0.323 e. The van der Waals surface area contributed by atoms with Crippen molar-refractivity contribution in [3.8, 4) is 0 Å². The Morgan fingerprint density at radius 2 is 2.13 bits per heavy atom. The SMILES string of the molecule is O=C(O)Cn1ccc(=O)c2c1CCCC2. The molecule has 80 valence electrons. The molecule has 2 rings (SSSR count). The molecule has 1 N–H and O–H groups in total. The molecule has 0 unspecified atom stereocenters. The van der Waals surface area contributed by atoms with Crippen LogP contribution in [-0.2, 0) is 24.2 Å². The third-order valence-electron chi connectivity index (χ3n) is 2.79. The number of aliphatic carboxylic acids is 1. The first-order chi connectivity index (χ1) is 7.18. The van der Waals surface area contributed by atoms with E-state index in [4.69, 9.17) is 5.11 Å². The Labute approximate surface area is 87.2 Å². The number of aromatic nitrogens is 1. The highest BCUT2D eigenvalue weighted by Gasteiger charge is 2.16. The van der Waals surface area contributed by atoms with Gasteiger partial charge in [-0.2, -0.15) is 0 Å². The summed E-state index contributed by atoms with van der Waals surface area (Å²) in [6.45, 7) is -0.0530. The lowest BCUT2D eigenvalue weighted by molar-refractivity contribution is -0.137. The summed E-state index contributed by atoms with van der Waals surface area (Å²) in [5.41, 5.74) is 1.77. The highest BCUT2D eigenvalue weighted by molar-refractivity contribution is 5.66. The van der Waals surface area contributed by atoms with E-state index in [0.717, 1.165) is 36.9 Å². The fraction of sp³-hybridized carbons (Fsp3) is 0.455. The first kappa shape index (κ1) is 9.96. The Kier molecular flexibility index (Phi) is 2.58. The van der Waals surface area contributed by atoms with Crippen LogP contribution < -0.4 is 5.43 Å². The fourth-order valence-corrected chi connectivity index (χ4v) is 2.11. The second kappa shape index (κ2) is 3.88. The Hall–Kier alpha value is -1.58. The highest BCUT2D eigenvalue weighted by Crippen LogP contribution is 2.17. The largest absolute Gasteiger partial charge is 0.480 e. The molecular formula is C11H13NO3. The van der Waals surface area contributed by atoms with E-state index < -0.39 is 5.97 Å². The van der Waals surface area contributed by atoms with Crippen LogP contribution in [0.2, 0.25) is 0 Å². The van der Waals surface area contributed by atoms with Crippen molar-refractivity contribution < 1.29 is 9.90 Å². The molecule has 0 radical (unpaired) electrons. The maximum absolute atomic E-state index is 11.5.